The Balaban J connectivity index is 0.00000225. The molecule has 1 aliphatic carbocycles. The Morgan fingerprint density at radius 1 is 1.32 bits per heavy atom. The number of nitrogen functional groups attached to an aromatic ring is 1. The van der Waals surface area contributed by atoms with Crippen LogP contribution in [0.4, 0.5) is 5.69 Å². The first-order chi connectivity index (χ1) is 11.5. The van der Waals surface area contributed by atoms with Gasteiger partial charge in [-0.3, -0.25) is 4.79 Å². The Kier molecular flexibility index (Phi) is 6.91. The number of nitrogens with two attached hydrogens (primary N) is 1. The van der Waals surface area contributed by atoms with Gasteiger partial charge in [-0.2, -0.15) is 0 Å². The van der Waals surface area contributed by atoms with E-state index in [0.717, 1.165) is 37.8 Å². The quantitative estimate of drug-likeness (QED) is 0.728. The van der Waals surface area contributed by atoms with Crippen LogP contribution in [0.2, 0.25) is 0 Å². The van der Waals surface area contributed by atoms with Crippen molar-refractivity contribution in [2.45, 2.75) is 58.4 Å². The highest BCUT2D eigenvalue weighted by Gasteiger charge is 2.21. The lowest BCUT2D eigenvalue weighted by Crippen LogP contribution is -2.30. The fraction of sp³-hybridized carbons (Fsp3) is 0.450. The molecule has 3 N–H and O–H groups in total. The van der Waals surface area contributed by atoms with Crippen molar-refractivity contribution in [3.05, 3.63) is 50.7 Å². The summed E-state index contributed by atoms with van der Waals surface area (Å²) in [6, 6.07) is 8.46. The number of hydrogen-bond donors (Lipinski definition) is 2. The molecule has 0 radical (unpaired) electrons. The third kappa shape index (κ3) is 4.99. The molecular weight excluding hydrogens is 352 g/mol. The third-order valence-electron chi connectivity index (χ3n) is 4.81. The van der Waals surface area contributed by atoms with Crippen LogP contribution >= 0.6 is 23.7 Å². The second-order valence-electron chi connectivity index (χ2n) is 6.76. The zero-order valence-corrected chi connectivity index (χ0v) is 16.6. The van der Waals surface area contributed by atoms with Crippen LogP contribution in [0.25, 0.3) is 0 Å². The summed E-state index contributed by atoms with van der Waals surface area (Å²) in [5, 5.41) is 3.22. The molecule has 3 nitrogen and oxygen atoms in total. The monoisotopic (exact) mass is 378 g/mol. The summed E-state index contributed by atoms with van der Waals surface area (Å²) < 4.78 is 0. The molecule has 1 aromatic heterocycles. The highest BCUT2D eigenvalue weighted by molar-refractivity contribution is 7.12. The predicted molar refractivity (Wildman–Crippen MR) is 109 cm³/mol. The van der Waals surface area contributed by atoms with Crippen molar-refractivity contribution in [3.8, 4) is 0 Å². The van der Waals surface area contributed by atoms with Crippen molar-refractivity contribution in [1.29, 1.82) is 0 Å². The first-order valence-corrected chi connectivity index (χ1v) is 9.58. The second kappa shape index (κ2) is 8.72. The van der Waals surface area contributed by atoms with Crippen LogP contribution in [0.1, 0.15) is 58.2 Å². The number of rotatable bonds is 5. The Hall–Kier alpha value is -1.52. The molecule has 3 rings (SSSR count). The van der Waals surface area contributed by atoms with Gasteiger partial charge in [0.1, 0.15) is 0 Å². The number of thiophene rings is 1. The lowest BCUT2D eigenvalue weighted by molar-refractivity contribution is -0.122. The molecule has 0 aliphatic heterocycles. The minimum absolute atomic E-state index is 0. The van der Waals surface area contributed by atoms with Gasteiger partial charge in [-0.15, -0.1) is 23.7 Å². The van der Waals surface area contributed by atoms with Gasteiger partial charge < -0.3 is 11.1 Å². The van der Waals surface area contributed by atoms with Gasteiger partial charge in [0.2, 0.25) is 5.91 Å². The van der Waals surface area contributed by atoms with E-state index < -0.39 is 0 Å². The largest absolute Gasteiger partial charge is 0.399 e. The van der Waals surface area contributed by atoms with E-state index in [-0.39, 0.29) is 24.4 Å². The summed E-state index contributed by atoms with van der Waals surface area (Å²) in [7, 11) is 0. The van der Waals surface area contributed by atoms with Crippen molar-refractivity contribution in [3.63, 3.8) is 0 Å². The molecule has 0 spiro atoms. The summed E-state index contributed by atoms with van der Waals surface area (Å²) in [6.45, 7) is 4.30. The van der Waals surface area contributed by atoms with E-state index in [9.17, 15) is 4.79 Å². The molecule has 25 heavy (non-hydrogen) atoms. The number of hydrogen-bond acceptors (Lipinski definition) is 3. The number of benzene rings is 1. The van der Waals surface area contributed by atoms with Crippen molar-refractivity contribution in [1.82, 2.24) is 5.32 Å². The van der Waals surface area contributed by atoms with Gasteiger partial charge >= 0.3 is 0 Å². The van der Waals surface area contributed by atoms with Gasteiger partial charge in [0.15, 0.2) is 0 Å². The minimum Gasteiger partial charge on any atom is -0.399 e. The Bertz CT molecular complexity index is 741. The molecule has 1 aromatic carbocycles. The number of nitrogens with one attached hydrogen (secondary N) is 1. The third-order valence-corrected chi connectivity index (χ3v) is 5.82. The molecule has 1 amide bonds. The summed E-state index contributed by atoms with van der Waals surface area (Å²) in [5.74, 6) is 0.161. The van der Waals surface area contributed by atoms with Gasteiger partial charge in [0.05, 0.1) is 6.04 Å². The lowest BCUT2D eigenvalue weighted by atomic mass is 9.87. The fourth-order valence-electron chi connectivity index (χ4n) is 3.62. The second-order valence-corrected chi connectivity index (χ2v) is 8.22. The molecule has 1 aliphatic rings. The maximum atomic E-state index is 12.3. The van der Waals surface area contributed by atoms with Crippen molar-refractivity contribution < 1.29 is 4.79 Å². The molecule has 1 unspecified atom stereocenters. The van der Waals surface area contributed by atoms with Gasteiger partial charge in [0.25, 0.3) is 0 Å². The minimum atomic E-state index is 0. The average molecular weight is 379 g/mol. The molecule has 0 saturated heterocycles. The van der Waals surface area contributed by atoms with Crippen LogP contribution < -0.4 is 11.1 Å². The molecule has 1 heterocycles. The summed E-state index contributed by atoms with van der Waals surface area (Å²) in [5.41, 5.74) is 10.6. The van der Waals surface area contributed by atoms with Crippen LogP contribution in [0, 0.1) is 13.8 Å². The predicted octanol–water partition coefficient (Wildman–Crippen LogP) is 4.89. The standard InChI is InChI=1S/C20H26N2OS.ClH/c1-13-11-15(14(2)24-13)5-4-8-20(23)22-19-7-3-6-16-12-17(21)9-10-18(16)19;/h9-12,19H,3-8,21H2,1-2H3,(H,22,23);1H. The van der Waals surface area contributed by atoms with E-state index in [0.29, 0.717) is 6.42 Å². The number of aryl methyl sites for hydroxylation is 4. The smallest absolute Gasteiger partial charge is 0.220 e. The van der Waals surface area contributed by atoms with Crippen LogP contribution in [0.3, 0.4) is 0 Å². The average Bonchev–Trinajstić information content (AvgIpc) is 2.85. The first kappa shape index (κ1) is 19.8. The number of carbonyl (C=O) groups excluding carboxylic acids is 1. The zero-order valence-electron chi connectivity index (χ0n) is 14.9. The summed E-state index contributed by atoms with van der Waals surface area (Å²) in [4.78, 5) is 15.1. The van der Waals surface area contributed by atoms with E-state index in [1.54, 1.807) is 0 Å². The molecule has 5 heteroatoms. The SMILES string of the molecule is Cc1cc(CCCC(=O)NC2CCCc3cc(N)ccc32)c(C)s1.Cl. The summed E-state index contributed by atoms with van der Waals surface area (Å²) >= 11 is 1.84. The Morgan fingerprint density at radius 3 is 2.84 bits per heavy atom. The zero-order chi connectivity index (χ0) is 17.1. The highest BCUT2D eigenvalue weighted by Crippen LogP contribution is 2.31. The number of carbonyl (C=O) groups is 1. The summed E-state index contributed by atoms with van der Waals surface area (Å²) in [6.07, 6.45) is 5.67. The normalized spacial score (nSPS) is 16.0. The van der Waals surface area contributed by atoms with Gasteiger partial charge in [-0.05, 0) is 80.8 Å². The topological polar surface area (TPSA) is 55.1 Å². The number of amides is 1. The molecule has 0 saturated carbocycles. The van der Waals surface area contributed by atoms with Crippen LogP contribution in [0.5, 0.6) is 0 Å². The Labute approximate surface area is 160 Å². The van der Waals surface area contributed by atoms with Gasteiger partial charge in [-0.1, -0.05) is 6.07 Å². The van der Waals surface area contributed by atoms with Crippen molar-refractivity contribution >= 4 is 35.3 Å². The number of fused-ring (bicyclic) bond motifs is 1. The van der Waals surface area contributed by atoms with E-state index >= 15 is 0 Å². The molecule has 1 atom stereocenters. The Morgan fingerprint density at radius 2 is 2.12 bits per heavy atom. The van der Waals surface area contributed by atoms with Gasteiger partial charge in [-0.25, -0.2) is 0 Å². The van der Waals surface area contributed by atoms with E-state index in [2.05, 4.69) is 37.4 Å². The molecule has 2 aromatic rings. The van der Waals surface area contributed by atoms with Crippen LogP contribution in [-0.2, 0) is 17.6 Å². The number of anilines is 1. The maximum absolute atomic E-state index is 12.3. The van der Waals surface area contributed by atoms with E-state index in [1.165, 1.54) is 26.4 Å². The van der Waals surface area contributed by atoms with Crippen LogP contribution in [-0.4, -0.2) is 5.91 Å². The molecule has 0 bridgehead atoms. The van der Waals surface area contributed by atoms with Crippen molar-refractivity contribution in [2.75, 3.05) is 5.73 Å². The molecular formula is C20H27ClN2OS. The van der Waals surface area contributed by atoms with Crippen molar-refractivity contribution in [2.24, 2.45) is 0 Å². The van der Waals surface area contributed by atoms with E-state index in [1.807, 2.05) is 17.4 Å². The van der Waals surface area contributed by atoms with E-state index in [4.69, 9.17) is 5.73 Å². The van der Waals surface area contributed by atoms with Gasteiger partial charge in [0, 0.05) is 21.9 Å². The highest BCUT2D eigenvalue weighted by atomic mass is 35.5. The van der Waals surface area contributed by atoms with Crippen LogP contribution in [0.15, 0.2) is 24.3 Å². The maximum Gasteiger partial charge on any atom is 0.220 e. The lowest BCUT2D eigenvalue weighted by Gasteiger charge is -2.26. The number of halogens is 1. The first-order valence-electron chi connectivity index (χ1n) is 8.76. The molecule has 0 fully saturated rings. The molecule has 136 valence electrons. The fourth-order valence-corrected chi connectivity index (χ4v) is 4.60.